The van der Waals surface area contributed by atoms with Crippen molar-refractivity contribution in [3.63, 3.8) is 0 Å². The predicted molar refractivity (Wildman–Crippen MR) is 80.5 cm³/mol. The van der Waals surface area contributed by atoms with Gasteiger partial charge in [-0.05, 0) is 51.8 Å². The first-order chi connectivity index (χ1) is 9.32. The summed E-state index contributed by atoms with van der Waals surface area (Å²) in [7, 11) is -3.44. The highest BCUT2D eigenvalue weighted by molar-refractivity contribution is 7.91. The van der Waals surface area contributed by atoms with E-state index in [2.05, 4.69) is 4.72 Å². The lowest BCUT2D eigenvalue weighted by atomic mass is 9.95. The largest absolute Gasteiger partial charge is 0.375 e. The lowest BCUT2D eigenvalue weighted by Crippen LogP contribution is -2.45. The summed E-state index contributed by atoms with van der Waals surface area (Å²) in [5.41, 5.74) is 5.21. The van der Waals surface area contributed by atoms with E-state index in [1.807, 2.05) is 19.9 Å². The number of ether oxygens (including phenoxy) is 1. The zero-order valence-electron chi connectivity index (χ0n) is 11.9. The van der Waals surface area contributed by atoms with Crippen LogP contribution in [-0.2, 0) is 21.2 Å². The van der Waals surface area contributed by atoms with Crippen LogP contribution in [0.25, 0.3) is 0 Å². The fraction of sp³-hybridized carbons (Fsp3) is 0.692. The van der Waals surface area contributed by atoms with E-state index in [1.165, 1.54) is 11.3 Å². The summed E-state index contributed by atoms with van der Waals surface area (Å²) < 4.78 is 33.5. The molecular weight excluding hydrogens is 296 g/mol. The molecule has 0 aliphatic carbocycles. The molecular formula is C13H22N2O3S2. The van der Waals surface area contributed by atoms with Crippen LogP contribution in [0.3, 0.4) is 0 Å². The van der Waals surface area contributed by atoms with Crippen LogP contribution in [0.2, 0.25) is 0 Å². The standard InChI is InChI=1S/C13H22N2O3S2/c1-13(2)9-10(6-8-18-13)15-20(16,17)12-4-3-11(19-12)5-7-14/h3-4,10,15H,5-9,14H2,1-2H3. The van der Waals surface area contributed by atoms with E-state index in [4.69, 9.17) is 10.5 Å². The van der Waals surface area contributed by atoms with Gasteiger partial charge in [-0.3, -0.25) is 0 Å². The molecule has 0 amide bonds. The minimum atomic E-state index is -3.44. The van der Waals surface area contributed by atoms with E-state index in [9.17, 15) is 8.42 Å². The average molecular weight is 318 g/mol. The van der Waals surface area contributed by atoms with Crippen molar-refractivity contribution in [3.8, 4) is 0 Å². The van der Waals surface area contributed by atoms with Crippen molar-refractivity contribution in [2.75, 3.05) is 13.2 Å². The Morgan fingerprint density at radius 1 is 1.50 bits per heavy atom. The molecule has 1 unspecified atom stereocenters. The summed E-state index contributed by atoms with van der Waals surface area (Å²) in [5.74, 6) is 0. The first-order valence-electron chi connectivity index (χ1n) is 6.77. The van der Waals surface area contributed by atoms with Crippen LogP contribution < -0.4 is 10.5 Å². The summed E-state index contributed by atoms with van der Waals surface area (Å²) in [6.45, 7) is 5.08. The van der Waals surface area contributed by atoms with Gasteiger partial charge in [-0.1, -0.05) is 0 Å². The Morgan fingerprint density at radius 2 is 2.25 bits per heavy atom. The Labute approximate surface area is 124 Å². The third-order valence-corrected chi connectivity index (χ3v) is 6.47. The molecule has 1 aromatic heterocycles. The van der Waals surface area contributed by atoms with Crippen molar-refractivity contribution < 1.29 is 13.2 Å². The molecule has 2 rings (SSSR count). The van der Waals surface area contributed by atoms with Gasteiger partial charge < -0.3 is 10.5 Å². The van der Waals surface area contributed by atoms with Gasteiger partial charge in [-0.2, -0.15) is 0 Å². The molecule has 5 nitrogen and oxygen atoms in total. The summed E-state index contributed by atoms with van der Waals surface area (Å²) >= 11 is 1.29. The second kappa shape index (κ2) is 6.11. The third kappa shape index (κ3) is 4.02. The minimum Gasteiger partial charge on any atom is -0.375 e. The van der Waals surface area contributed by atoms with Crippen molar-refractivity contribution in [2.45, 2.75) is 49.0 Å². The molecule has 7 heteroatoms. The van der Waals surface area contributed by atoms with Gasteiger partial charge in [-0.15, -0.1) is 11.3 Å². The molecule has 0 bridgehead atoms. The Morgan fingerprint density at radius 3 is 2.90 bits per heavy atom. The van der Waals surface area contributed by atoms with Gasteiger partial charge >= 0.3 is 0 Å². The molecule has 1 aliphatic heterocycles. The summed E-state index contributed by atoms with van der Waals surface area (Å²) in [6.07, 6.45) is 2.11. The van der Waals surface area contributed by atoms with E-state index in [0.29, 0.717) is 36.6 Å². The molecule has 1 aromatic rings. The molecule has 1 atom stereocenters. The van der Waals surface area contributed by atoms with Crippen LogP contribution >= 0.6 is 11.3 Å². The number of nitrogens with two attached hydrogens (primary N) is 1. The zero-order valence-corrected chi connectivity index (χ0v) is 13.5. The summed E-state index contributed by atoms with van der Waals surface area (Å²) in [5, 5.41) is 0. The topological polar surface area (TPSA) is 81.4 Å². The van der Waals surface area contributed by atoms with Gasteiger partial charge in [-0.25, -0.2) is 13.1 Å². The van der Waals surface area contributed by atoms with E-state index in [1.54, 1.807) is 6.07 Å². The molecule has 114 valence electrons. The monoisotopic (exact) mass is 318 g/mol. The van der Waals surface area contributed by atoms with Gasteiger partial charge in [0.1, 0.15) is 4.21 Å². The number of hydrogen-bond donors (Lipinski definition) is 2. The fourth-order valence-electron chi connectivity index (χ4n) is 2.39. The Bertz CT molecular complexity index is 552. The molecule has 0 radical (unpaired) electrons. The quantitative estimate of drug-likeness (QED) is 0.862. The van der Waals surface area contributed by atoms with Crippen molar-refractivity contribution in [3.05, 3.63) is 17.0 Å². The summed E-state index contributed by atoms with van der Waals surface area (Å²) in [6, 6.07) is 3.42. The predicted octanol–water partition coefficient (Wildman–Crippen LogP) is 1.49. The van der Waals surface area contributed by atoms with E-state index in [-0.39, 0.29) is 11.6 Å². The van der Waals surface area contributed by atoms with Gasteiger partial charge in [0.15, 0.2) is 0 Å². The molecule has 1 saturated heterocycles. The van der Waals surface area contributed by atoms with Crippen LogP contribution in [0.15, 0.2) is 16.3 Å². The van der Waals surface area contributed by atoms with Crippen LogP contribution in [0.5, 0.6) is 0 Å². The van der Waals surface area contributed by atoms with Gasteiger partial charge in [0.25, 0.3) is 0 Å². The minimum absolute atomic E-state index is 0.0659. The highest BCUT2D eigenvalue weighted by Crippen LogP contribution is 2.27. The van der Waals surface area contributed by atoms with Crippen LogP contribution in [0.1, 0.15) is 31.6 Å². The van der Waals surface area contributed by atoms with Crippen molar-refractivity contribution in [2.24, 2.45) is 5.73 Å². The normalized spacial score (nSPS) is 22.9. The molecule has 20 heavy (non-hydrogen) atoms. The second-order valence-electron chi connectivity index (χ2n) is 5.68. The smallest absolute Gasteiger partial charge is 0.250 e. The maximum atomic E-state index is 12.4. The highest BCUT2D eigenvalue weighted by atomic mass is 32.2. The van der Waals surface area contributed by atoms with E-state index in [0.717, 1.165) is 4.88 Å². The molecule has 1 aliphatic rings. The number of hydrogen-bond acceptors (Lipinski definition) is 5. The van der Waals surface area contributed by atoms with Gasteiger partial charge in [0, 0.05) is 17.5 Å². The van der Waals surface area contributed by atoms with E-state index >= 15 is 0 Å². The fourth-order valence-corrected chi connectivity index (χ4v) is 5.05. The molecule has 3 N–H and O–H groups in total. The second-order valence-corrected chi connectivity index (χ2v) is 8.79. The lowest BCUT2D eigenvalue weighted by Gasteiger charge is -2.35. The number of thiophene rings is 1. The van der Waals surface area contributed by atoms with E-state index < -0.39 is 10.0 Å². The number of rotatable bonds is 5. The zero-order chi connectivity index (χ0) is 14.8. The van der Waals surface area contributed by atoms with Crippen molar-refractivity contribution in [1.82, 2.24) is 4.72 Å². The lowest BCUT2D eigenvalue weighted by molar-refractivity contribution is -0.0599. The first kappa shape index (κ1) is 15.9. The van der Waals surface area contributed by atoms with Crippen LogP contribution in [-0.4, -0.2) is 33.2 Å². The molecule has 1 fully saturated rings. The van der Waals surface area contributed by atoms with Crippen molar-refractivity contribution in [1.29, 1.82) is 0 Å². The summed E-state index contributed by atoms with van der Waals surface area (Å²) in [4.78, 5) is 1.00. The van der Waals surface area contributed by atoms with Gasteiger partial charge in [0.2, 0.25) is 10.0 Å². The SMILES string of the molecule is CC1(C)CC(NS(=O)(=O)c2ccc(CCN)s2)CCO1. The van der Waals surface area contributed by atoms with Crippen LogP contribution in [0.4, 0.5) is 0 Å². The van der Waals surface area contributed by atoms with Gasteiger partial charge in [0.05, 0.1) is 5.60 Å². The number of sulfonamides is 1. The van der Waals surface area contributed by atoms with Crippen LogP contribution in [0, 0.1) is 0 Å². The first-order valence-corrected chi connectivity index (χ1v) is 9.07. The molecule has 0 saturated carbocycles. The molecule has 0 aromatic carbocycles. The average Bonchev–Trinajstić information content (AvgIpc) is 2.77. The highest BCUT2D eigenvalue weighted by Gasteiger charge is 2.32. The Kier molecular flexibility index (Phi) is 4.86. The maximum Gasteiger partial charge on any atom is 0.250 e. The number of nitrogens with one attached hydrogen (secondary N) is 1. The Hall–Kier alpha value is -0.470. The molecule has 2 heterocycles. The maximum absolute atomic E-state index is 12.4. The van der Waals surface area contributed by atoms with Crippen molar-refractivity contribution >= 4 is 21.4 Å². The molecule has 0 spiro atoms. The Balaban J connectivity index is 2.06. The third-order valence-electron chi connectivity index (χ3n) is 3.31.